The highest BCUT2D eigenvalue weighted by molar-refractivity contribution is 6.02. The number of hydrogen-bond donors (Lipinski definition) is 3. The van der Waals surface area contributed by atoms with Gasteiger partial charge in [-0.1, -0.05) is 18.2 Å². The molecule has 0 saturated heterocycles. The molecule has 0 saturated carbocycles. The van der Waals surface area contributed by atoms with E-state index in [1.807, 2.05) is 0 Å². The fraction of sp³-hybridized carbons (Fsp3) is 0.125. The zero-order chi connectivity index (χ0) is 17.7. The fourth-order valence-electron chi connectivity index (χ4n) is 1.95. The van der Waals surface area contributed by atoms with Crippen LogP contribution in [0.1, 0.15) is 15.9 Å². The van der Waals surface area contributed by atoms with Gasteiger partial charge in [-0.15, -0.1) is 0 Å². The van der Waals surface area contributed by atoms with E-state index in [0.717, 1.165) is 12.1 Å². The largest absolute Gasteiger partial charge is 0.416 e. The maximum absolute atomic E-state index is 12.6. The molecule has 0 heterocycles. The molecular formula is C16H14F3N3O2. The summed E-state index contributed by atoms with van der Waals surface area (Å²) in [7, 11) is 0. The number of urea groups is 1. The van der Waals surface area contributed by atoms with E-state index >= 15 is 0 Å². The van der Waals surface area contributed by atoms with Gasteiger partial charge in [0.25, 0.3) is 0 Å². The first-order valence-electron chi connectivity index (χ1n) is 6.88. The normalized spacial score (nSPS) is 11.0. The number of nitrogens with one attached hydrogen (secondary N) is 2. The Morgan fingerprint density at radius 3 is 2.12 bits per heavy atom. The molecule has 4 N–H and O–H groups in total. The van der Waals surface area contributed by atoms with Crippen molar-refractivity contribution in [2.24, 2.45) is 5.73 Å². The van der Waals surface area contributed by atoms with E-state index in [-0.39, 0.29) is 18.0 Å². The maximum Gasteiger partial charge on any atom is 0.416 e. The zero-order valence-corrected chi connectivity index (χ0v) is 12.4. The molecule has 2 rings (SSSR count). The number of benzene rings is 2. The van der Waals surface area contributed by atoms with Crippen LogP contribution >= 0.6 is 0 Å². The van der Waals surface area contributed by atoms with E-state index in [0.29, 0.717) is 11.3 Å². The number of amides is 2. The van der Waals surface area contributed by atoms with Crippen molar-refractivity contribution in [3.05, 3.63) is 59.7 Å². The molecule has 2 aromatic carbocycles. The second-order valence-corrected chi connectivity index (χ2v) is 4.87. The Morgan fingerprint density at radius 1 is 0.958 bits per heavy atom. The Kier molecular flexibility index (Phi) is 5.20. The first-order valence-corrected chi connectivity index (χ1v) is 6.88. The molecule has 0 atom stereocenters. The molecule has 0 aliphatic carbocycles. The number of nitrogens with two attached hydrogens (primary N) is 1. The van der Waals surface area contributed by atoms with Crippen LogP contribution in [0.4, 0.5) is 29.3 Å². The second kappa shape index (κ2) is 7.14. The highest BCUT2D eigenvalue weighted by atomic mass is 19.4. The van der Waals surface area contributed by atoms with Crippen LogP contribution in [0.25, 0.3) is 0 Å². The van der Waals surface area contributed by atoms with Gasteiger partial charge in [0.15, 0.2) is 5.78 Å². The van der Waals surface area contributed by atoms with Crippen molar-refractivity contribution >= 4 is 23.2 Å². The number of anilines is 2. The molecular weight excluding hydrogens is 323 g/mol. The van der Waals surface area contributed by atoms with Gasteiger partial charge >= 0.3 is 12.2 Å². The third-order valence-electron chi connectivity index (χ3n) is 3.08. The topological polar surface area (TPSA) is 84.2 Å². The van der Waals surface area contributed by atoms with E-state index in [4.69, 9.17) is 5.73 Å². The van der Waals surface area contributed by atoms with Gasteiger partial charge in [0.05, 0.1) is 12.1 Å². The quantitative estimate of drug-likeness (QED) is 0.747. The van der Waals surface area contributed by atoms with Crippen molar-refractivity contribution in [3.8, 4) is 0 Å². The number of carbonyl (C=O) groups excluding carboxylic acids is 2. The Balaban J connectivity index is 2.08. The minimum atomic E-state index is -4.49. The van der Waals surface area contributed by atoms with E-state index in [1.165, 1.54) is 18.2 Å². The molecule has 0 aliphatic heterocycles. The second-order valence-electron chi connectivity index (χ2n) is 4.87. The lowest BCUT2D eigenvalue weighted by Crippen LogP contribution is -2.20. The zero-order valence-electron chi connectivity index (χ0n) is 12.4. The Labute approximate surface area is 135 Å². The lowest BCUT2D eigenvalue weighted by molar-refractivity contribution is -0.137. The van der Waals surface area contributed by atoms with Crippen molar-refractivity contribution in [2.45, 2.75) is 6.18 Å². The third-order valence-corrected chi connectivity index (χ3v) is 3.08. The summed E-state index contributed by atoms with van der Waals surface area (Å²) in [5.74, 6) is -0.295. The van der Waals surface area contributed by atoms with Crippen molar-refractivity contribution < 1.29 is 22.8 Å². The summed E-state index contributed by atoms with van der Waals surface area (Å²) in [5, 5.41) is 4.75. The predicted molar refractivity (Wildman–Crippen MR) is 83.9 cm³/mol. The van der Waals surface area contributed by atoms with Crippen LogP contribution in [0.2, 0.25) is 0 Å². The lowest BCUT2D eigenvalue weighted by Gasteiger charge is -2.11. The molecule has 24 heavy (non-hydrogen) atoms. The average molecular weight is 337 g/mol. The minimum Gasteiger partial charge on any atom is -0.324 e. The first-order chi connectivity index (χ1) is 11.3. The highest BCUT2D eigenvalue weighted by Crippen LogP contribution is 2.30. The van der Waals surface area contributed by atoms with Crippen LogP contribution in [0, 0.1) is 0 Å². The Morgan fingerprint density at radius 2 is 1.54 bits per heavy atom. The van der Waals surface area contributed by atoms with Crippen molar-refractivity contribution in [3.63, 3.8) is 0 Å². The molecule has 0 bridgehead atoms. The third kappa shape index (κ3) is 4.56. The van der Waals surface area contributed by atoms with Crippen LogP contribution in [-0.2, 0) is 6.18 Å². The molecule has 0 unspecified atom stereocenters. The number of carbonyl (C=O) groups is 2. The van der Waals surface area contributed by atoms with Crippen LogP contribution in [0.15, 0.2) is 48.5 Å². The Bertz CT molecular complexity index is 760. The summed E-state index contributed by atoms with van der Waals surface area (Å²) in [6.07, 6.45) is -4.49. The minimum absolute atomic E-state index is 0.00323. The number of alkyl halides is 3. The summed E-state index contributed by atoms with van der Waals surface area (Å²) in [6, 6.07) is 9.61. The first kappa shape index (κ1) is 17.5. The van der Waals surface area contributed by atoms with Gasteiger partial charge in [-0.2, -0.15) is 13.2 Å². The highest BCUT2D eigenvalue weighted by Gasteiger charge is 2.30. The van der Waals surface area contributed by atoms with E-state index in [9.17, 15) is 22.8 Å². The van der Waals surface area contributed by atoms with Gasteiger partial charge in [-0.3, -0.25) is 4.79 Å². The summed E-state index contributed by atoms with van der Waals surface area (Å²) in [4.78, 5) is 23.4. The van der Waals surface area contributed by atoms with E-state index in [2.05, 4.69) is 10.6 Å². The van der Waals surface area contributed by atoms with Gasteiger partial charge in [0, 0.05) is 16.9 Å². The van der Waals surface area contributed by atoms with E-state index in [1.54, 1.807) is 18.2 Å². The number of hydrogen-bond acceptors (Lipinski definition) is 3. The molecule has 0 aromatic heterocycles. The van der Waals surface area contributed by atoms with Crippen LogP contribution in [-0.4, -0.2) is 18.4 Å². The number of ketones is 1. The fourth-order valence-corrected chi connectivity index (χ4v) is 1.95. The molecule has 0 fully saturated rings. The molecule has 0 radical (unpaired) electrons. The standard InChI is InChI=1S/C16H14F3N3O2/c17-16(18,19)11-4-2-6-13(8-11)22-15(24)21-12-5-1-3-10(7-12)14(23)9-20/h1-8H,9,20H2,(H2,21,22,24). The van der Waals surface area contributed by atoms with Gasteiger partial charge in [0.2, 0.25) is 0 Å². The molecule has 2 aromatic rings. The Hall–Kier alpha value is -2.87. The summed E-state index contributed by atoms with van der Waals surface area (Å²) >= 11 is 0. The summed E-state index contributed by atoms with van der Waals surface area (Å²) in [6.45, 7) is -0.167. The molecule has 0 spiro atoms. The monoisotopic (exact) mass is 337 g/mol. The van der Waals surface area contributed by atoms with Crippen molar-refractivity contribution in [1.29, 1.82) is 0 Å². The summed E-state index contributed by atoms with van der Waals surface area (Å²) < 4.78 is 37.9. The molecule has 126 valence electrons. The van der Waals surface area contributed by atoms with Crippen molar-refractivity contribution in [1.82, 2.24) is 0 Å². The number of Topliss-reactive ketones (excluding diaryl/α,β-unsaturated/α-hetero) is 1. The predicted octanol–water partition coefficient (Wildman–Crippen LogP) is 3.49. The van der Waals surface area contributed by atoms with Gasteiger partial charge in [-0.25, -0.2) is 4.79 Å². The number of halogens is 3. The number of rotatable bonds is 4. The van der Waals surface area contributed by atoms with E-state index < -0.39 is 17.8 Å². The van der Waals surface area contributed by atoms with Crippen LogP contribution in [0.3, 0.4) is 0 Å². The van der Waals surface area contributed by atoms with Gasteiger partial charge in [0.1, 0.15) is 0 Å². The summed E-state index contributed by atoms with van der Waals surface area (Å²) in [5.41, 5.74) is 5.04. The molecule has 5 nitrogen and oxygen atoms in total. The van der Waals surface area contributed by atoms with Gasteiger partial charge in [-0.05, 0) is 30.3 Å². The van der Waals surface area contributed by atoms with Gasteiger partial charge < -0.3 is 16.4 Å². The average Bonchev–Trinajstić information content (AvgIpc) is 2.53. The van der Waals surface area contributed by atoms with Crippen LogP contribution < -0.4 is 16.4 Å². The molecule has 0 aliphatic rings. The van der Waals surface area contributed by atoms with Crippen molar-refractivity contribution in [2.75, 3.05) is 17.2 Å². The smallest absolute Gasteiger partial charge is 0.324 e. The molecule has 8 heteroatoms. The molecule has 2 amide bonds. The maximum atomic E-state index is 12.6. The lowest BCUT2D eigenvalue weighted by atomic mass is 10.1. The SMILES string of the molecule is NCC(=O)c1cccc(NC(=O)Nc2cccc(C(F)(F)F)c2)c1. The van der Waals surface area contributed by atoms with Crippen LogP contribution in [0.5, 0.6) is 0 Å².